The van der Waals surface area contributed by atoms with Gasteiger partial charge in [0.2, 0.25) is 5.91 Å². The maximum atomic E-state index is 11.8. The lowest BCUT2D eigenvalue weighted by molar-refractivity contribution is -0.267. The van der Waals surface area contributed by atoms with Crippen LogP contribution in [0, 0.1) is 0 Å². The molecule has 5 atom stereocenters. The van der Waals surface area contributed by atoms with E-state index in [9.17, 15) is 9.59 Å². The van der Waals surface area contributed by atoms with Gasteiger partial charge in [0, 0.05) is 14.0 Å². The largest absolute Gasteiger partial charge is 0.368 e. The highest BCUT2D eigenvalue weighted by Crippen LogP contribution is 2.27. The van der Waals surface area contributed by atoms with E-state index >= 15 is 0 Å². The molecule has 7 nitrogen and oxygen atoms in total. The van der Waals surface area contributed by atoms with Gasteiger partial charge in [0.25, 0.3) is 0 Å². The number of hydrogen-bond acceptors (Lipinski definition) is 6. The van der Waals surface area contributed by atoms with E-state index in [0.29, 0.717) is 6.29 Å². The van der Waals surface area contributed by atoms with Gasteiger partial charge in [-0.3, -0.25) is 4.79 Å². The van der Waals surface area contributed by atoms with Crippen LogP contribution in [0.4, 0.5) is 0 Å². The van der Waals surface area contributed by atoms with Crippen LogP contribution in [0.5, 0.6) is 0 Å². The van der Waals surface area contributed by atoms with Crippen LogP contribution >= 0.6 is 0 Å². The van der Waals surface area contributed by atoms with E-state index < -0.39 is 30.6 Å². The SMILES string of the molecule is CO[C@@H]1O[C@H](C=O)[C@@H](OCc2ccccc2)[C@H](OCc2ccccc2)[C@H]1NC(C)=O. The monoisotopic (exact) mass is 413 g/mol. The van der Waals surface area contributed by atoms with Gasteiger partial charge in [-0.1, -0.05) is 60.7 Å². The van der Waals surface area contributed by atoms with Gasteiger partial charge in [0.1, 0.15) is 24.4 Å². The summed E-state index contributed by atoms with van der Waals surface area (Å²) in [6.07, 6.45) is -2.45. The summed E-state index contributed by atoms with van der Waals surface area (Å²) in [5, 5.41) is 2.83. The summed E-state index contributed by atoms with van der Waals surface area (Å²) in [4.78, 5) is 23.6. The highest BCUT2D eigenvalue weighted by Gasteiger charge is 2.48. The molecule has 0 unspecified atom stereocenters. The number of carbonyl (C=O) groups is 2. The van der Waals surface area contributed by atoms with Gasteiger partial charge in [-0.25, -0.2) is 0 Å². The highest BCUT2D eigenvalue weighted by atomic mass is 16.7. The van der Waals surface area contributed by atoms with Crippen LogP contribution in [0.3, 0.4) is 0 Å². The Morgan fingerprint density at radius 2 is 1.50 bits per heavy atom. The Kier molecular flexibility index (Phi) is 8.10. The van der Waals surface area contributed by atoms with Gasteiger partial charge in [0.15, 0.2) is 12.6 Å². The Balaban J connectivity index is 1.84. The normalized spacial score (nSPS) is 26.1. The number of carbonyl (C=O) groups excluding carboxylic acids is 2. The average molecular weight is 413 g/mol. The number of benzene rings is 2. The Hall–Kier alpha value is -2.58. The van der Waals surface area contributed by atoms with Crippen molar-refractivity contribution in [2.24, 2.45) is 0 Å². The van der Waals surface area contributed by atoms with E-state index in [4.69, 9.17) is 18.9 Å². The fourth-order valence-electron chi connectivity index (χ4n) is 3.48. The number of ether oxygens (including phenoxy) is 4. The van der Waals surface area contributed by atoms with E-state index in [0.717, 1.165) is 11.1 Å². The Labute approximate surface area is 176 Å². The van der Waals surface area contributed by atoms with Gasteiger partial charge in [-0.15, -0.1) is 0 Å². The molecule has 3 rings (SSSR count). The zero-order valence-corrected chi connectivity index (χ0v) is 17.1. The summed E-state index contributed by atoms with van der Waals surface area (Å²) in [5.41, 5.74) is 1.91. The van der Waals surface area contributed by atoms with Crippen molar-refractivity contribution >= 4 is 12.2 Å². The van der Waals surface area contributed by atoms with Gasteiger partial charge in [0.05, 0.1) is 13.2 Å². The van der Waals surface area contributed by atoms with Crippen LogP contribution in [0.25, 0.3) is 0 Å². The molecule has 0 spiro atoms. The van der Waals surface area contributed by atoms with Crippen LogP contribution in [0.1, 0.15) is 18.1 Å². The molecule has 1 N–H and O–H groups in total. The molecule has 160 valence electrons. The summed E-state index contributed by atoms with van der Waals surface area (Å²) in [6.45, 7) is 1.97. The molecule has 1 heterocycles. The second-order valence-electron chi connectivity index (χ2n) is 7.09. The average Bonchev–Trinajstić information content (AvgIpc) is 2.77. The van der Waals surface area contributed by atoms with Gasteiger partial charge in [-0.2, -0.15) is 0 Å². The van der Waals surface area contributed by atoms with Crippen LogP contribution in [-0.4, -0.2) is 49.9 Å². The first kappa shape index (κ1) is 22.1. The second kappa shape index (κ2) is 11.0. The van der Waals surface area contributed by atoms with Crippen LogP contribution < -0.4 is 5.32 Å². The molecule has 2 aromatic carbocycles. The Morgan fingerprint density at radius 3 is 1.97 bits per heavy atom. The molecule has 0 radical (unpaired) electrons. The van der Waals surface area contributed by atoms with E-state index in [1.54, 1.807) is 0 Å². The number of nitrogens with one attached hydrogen (secondary N) is 1. The predicted octanol–water partition coefficient (Wildman–Crippen LogP) is 2.23. The molecule has 30 heavy (non-hydrogen) atoms. The van der Waals surface area contributed by atoms with E-state index in [2.05, 4.69) is 5.32 Å². The zero-order valence-electron chi connectivity index (χ0n) is 17.1. The minimum atomic E-state index is -0.899. The third kappa shape index (κ3) is 5.73. The molecule has 1 aliphatic heterocycles. The van der Waals surface area contributed by atoms with Crippen molar-refractivity contribution in [1.29, 1.82) is 0 Å². The Bertz CT molecular complexity index is 800. The first-order valence-corrected chi connectivity index (χ1v) is 9.84. The molecule has 1 amide bonds. The number of amides is 1. The van der Waals surface area contributed by atoms with E-state index in [-0.39, 0.29) is 19.1 Å². The van der Waals surface area contributed by atoms with Gasteiger partial charge in [-0.05, 0) is 11.1 Å². The molecule has 1 fully saturated rings. The first-order chi connectivity index (χ1) is 14.6. The molecule has 0 bridgehead atoms. The molecule has 7 heteroatoms. The molecule has 0 aromatic heterocycles. The number of methoxy groups -OCH3 is 1. The van der Waals surface area contributed by atoms with Crippen molar-refractivity contribution < 1.29 is 28.5 Å². The van der Waals surface area contributed by atoms with Gasteiger partial charge >= 0.3 is 0 Å². The number of aldehydes is 1. The van der Waals surface area contributed by atoms with Crippen LogP contribution in [0.2, 0.25) is 0 Å². The lowest BCUT2D eigenvalue weighted by atomic mass is 9.96. The molecule has 2 aromatic rings. The predicted molar refractivity (Wildman–Crippen MR) is 109 cm³/mol. The van der Waals surface area contributed by atoms with E-state index in [1.165, 1.54) is 14.0 Å². The van der Waals surface area contributed by atoms with Crippen molar-refractivity contribution in [3.05, 3.63) is 71.8 Å². The van der Waals surface area contributed by atoms with Crippen LogP contribution in [-0.2, 0) is 41.8 Å². The third-order valence-corrected chi connectivity index (χ3v) is 4.89. The molecular formula is C23H27NO6. The fraction of sp³-hybridized carbons (Fsp3) is 0.391. The quantitative estimate of drug-likeness (QED) is 0.635. The summed E-state index contributed by atoms with van der Waals surface area (Å²) in [6, 6.07) is 18.6. The third-order valence-electron chi connectivity index (χ3n) is 4.89. The summed E-state index contributed by atoms with van der Waals surface area (Å²) >= 11 is 0. The Morgan fingerprint density at radius 1 is 0.967 bits per heavy atom. The summed E-state index contributed by atoms with van der Waals surface area (Å²) in [5.74, 6) is -0.259. The minimum Gasteiger partial charge on any atom is -0.368 e. The fourth-order valence-corrected chi connectivity index (χ4v) is 3.48. The summed E-state index contributed by atoms with van der Waals surface area (Å²) < 4.78 is 23.4. The topological polar surface area (TPSA) is 83.1 Å². The first-order valence-electron chi connectivity index (χ1n) is 9.84. The maximum absolute atomic E-state index is 11.8. The maximum Gasteiger partial charge on any atom is 0.217 e. The van der Waals surface area contributed by atoms with Gasteiger partial charge < -0.3 is 29.1 Å². The molecular weight excluding hydrogens is 386 g/mol. The van der Waals surface area contributed by atoms with Crippen LogP contribution in [0.15, 0.2) is 60.7 Å². The van der Waals surface area contributed by atoms with Crippen molar-refractivity contribution in [1.82, 2.24) is 5.32 Å². The molecule has 1 saturated heterocycles. The highest BCUT2D eigenvalue weighted by molar-refractivity contribution is 5.73. The number of hydrogen-bond donors (Lipinski definition) is 1. The zero-order chi connectivity index (χ0) is 21.3. The standard InChI is InChI=1S/C23H27NO6/c1-16(26)24-20-22(29-15-18-11-7-4-8-12-18)21(19(13-25)30-23(20)27-2)28-14-17-9-5-3-6-10-17/h3-13,19-23H,14-15H2,1-2H3,(H,24,26)/t19-,20-,21-,22-,23-/m1/s1. The van der Waals surface area contributed by atoms with E-state index in [1.807, 2.05) is 60.7 Å². The molecule has 1 aliphatic rings. The smallest absolute Gasteiger partial charge is 0.217 e. The number of rotatable bonds is 9. The summed E-state index contributed by atoms with van der Waals surface area (Å²) in [7, 11) is 1.46. The second-order valence-corrected chi connectivity index (χ2v) is 7.09. The van der Waals surface area contributed by atoms with Crippen molar-refractivity contribution in [3.8, 4) is 0 Å². The minimum absolute atomic E-state index is 0.259. The molecule has 0 saturated carbocycles. The van der Waals surface area contributed by atoms with Crippen molar-refractivity contribution in [2.45, 2.75) is 50.8 Å². The van der Waals surface area contributed by atoms with Crippen molar-refractivity contribution in [3.63, 3.8) is 0 Å². The lowest BCUT2D eigenvalue weighted by Gasteiger charge is -2.44. The lowest BCUT2D eigenvalue weighted by Crippen LogP contribution is -2.65. The molecule has 0 aliphatic carbocycles. The van der Waals surface area contributed by atoms with Crippen molar-refractivity contribution in [2.75, 3.05) is 7.11 Å².